The second kappa shape index (κ2) is 9.65. The van der Waals surface area contributed by atoms with Crippen molar-refractivity contribution < 1.29 is 14.3 Å². The van der Waals surface area contributed by atoms with Crippen LogP contribution in [-0.4, -0.2) is 55.2 Å². The number of nitrogens with one attached hydrogen (secondary N) is 1. The summed E-state index contributed by atoms with van der Waals surface area (Å²) in [6.45, 7) is 5.18. The molecule has 0 aliphatic carbocycles. The van der Waals surface area contributed by atoms with E-state index in [0.29, 0.717) is 12.1 Å². The minimum Gasteiger partial charge on any atom is -0.456 e. The summed E-state index contributed by atoms with van der Waals surface area (Å²) in [6, 6.07) is 15.5. The Hall–Kier alpha value is -3.00. The molecule has 1 aliphatic rings. The predicted octanol–water partition coefficient (Wildman–Crippen LogP) is 4.69. The van der Waals surface area contributed by atoms with Crippen molar-refractivity contribution in [1.29, 1.82) is 0 Å². The maximum absolute atomic E-state index is 12.8. The van der Waals surface area contributed by atoms with Gasteiger partial charge in [0.05, 0.1) is 23.4 Å². The Balaban J connectivity index is 1.26. The van der Waals surface area contributed by atoms with E-state index in [1.165, 1.54) is 0 Å². The minimum absolute atomic E-state index is 0.0410. The van der Waals surface area contributed by atoms with Crippen LogP contribution in [0.3, 0.4) is 0 Å². The summed E-state index contributed by atoms with van der Waals surface area (Å²) < 4.78 is 12.6. The largest absolute Gasteiger partial charge is 0.456 e. The number of ether oxygens (including phenoxy) is 2. The van der Waals surface area contributed by atoms with Gasteiger partial charge in [0.1, 0.15) is 11.5 Å². The first-order chi connectivity index (χ1) is 15.8. The first-order valence-electron chi connectivity index (χ1n) is 10.9. The number of hydrogen-bond donors (Lipinski definition) is 1. The molecule has 1 N–H and O–H groups in total. The molecule has 0 spiro atoms. The summed E-state index contributed by atoms with van der Waals surface area (Å²) in [7, 11) is 0. The molecule has 2 aromatic carbocycles. The van der Waals surface area contributed by atoms with Crippen LogP contribution in [0.15, 0.2) is 60.1 Å². The van der Waals surface area contributed by atoms with E-state index in [1.807, 2.05) is 53.9 Å². The Labute approximate surface area is 190 Å². The van der Waals surface area contributed by atoms with Crippen LogP contribution in [0.4, 0.5) is 0 Å². The van der Waals surface area contributed by atoms with E-state index in [9.17, 15) is 4.79 Å². The van der Waals surface area contributed by atoms with E-state index >= 15 is 0 Å². The molecule has 7 heteroatoms. The van der Waals surface area contributed by atoms with Crippen molar-refractivity contribution in [3.63, 3.8) is 0 Å². The number of pyridine rings is 1. The van der Waals surface area contributed by atoms with Gasteiger partial charge >= 0.3 is 0 Å². The quantitative estimate of drug-likeness (QED) is 0.416. The van der Waals surface area contributed by atoms with Crippen LogP contribution >= 0.6 is 11.3 Å². The monoisotopic (exact) mass is 447 g/mol. The number of rotatable bonds is 7. The van der Waals surface area contributed by atoms with Crippen LogP contribution in [0, 0.1) is 0 Å². The molecule has 32 heavy (non-hydrogen) atoms. The highest BCUT2D eigenvalue weighted by molar-refractivity contribution is 7.17. The summed E-state index contributed by atoms with van der Waals surface area (Å²) in [6.07, 6.45) is 2.69. The topological polar surface area (TPSA) is 63.7 Å². The fourth-order valence-corrected chi connectivity index (χ4v) is 4.81. The average molecular weight is 448 g/mol. The van der Waals surface area contributed by atoms with Crippen molar-refractivity contribution >= 4 is 38.2 Å². The zero-order valence-electron chi connectivity index (χ0n) is 17.8. The Morgan fingerprint density at radius 2 is 2.06 bits per heavy atom. The van der Waals surface area contributed by atoms with E-state index in [2.05, 4.69) is 15.2 Å². The van der Waals surface area contributed by atoms with E-state index in [-0.39, 0.29) is 5.91 Å². The first-order valence-corrected chi connectivity index (χ1v) is 11.8. The molecule has 1 aliphatic heterocycles. The van der Waals surface area contributed by atoms with Crippen molar-refractivity contribution in [1.82, 2.24) is 15.2 Å². The predicted molar refractivity (Wildman–Crippen MR) is 128 cm³/mol. The third kappa shape index (κ3) is 4.60. The minimum atomic E-state index is -0.0410. The zero-order valence-corrected chi connectivity index (χ0v) is 18.6. The van der Waals surface area contributed by atoms with Gasteiger partial charge in [0, 0.05) is 37.5 Å². The highest BCUT2D eigenvalue weighted by Crippen LogP contribution is 2.33. The number of benzene rings is 2. The van der Waals surface area contributed by atoms with Gasteiger partial charge in [-0.05, 0) is 59.4 Å². The summed E-state index contributed by atoms with van der Waals surface area (Å²) in [5.41, 5.74) is 1.62. The second-order valence-electron chi connectivity index (χ2n) is 7.80. The molecule has 6 nitrogen and oxygen atoms in total. The van der Waals surface area contributed by atoms with Crippen LogP contribution in [0.25, 0.3) is 21.0 Å². The van der Waals surface area contributed by atoms with Gasteiger partial charge in [0.2, 0.25) is 0 Å². The van der Waals surface area contributed by atoms with E-state index in [0.717, 1.165) is 71.8 Å². The van der Waals surface area contributed by atoms with Gasteiger partial charge in [-0.15, -0.1) is 11.3 Å². The van der Waals surface area contributed by atoms with Gasteiger partial charge in [-0.25, -0.2) is 0 Å². The first kappa shape index (κ1) is 20.9. The van der Waals surface area contributed by atoms with E-state index in [1.54, 1.807) is 17.5 Å². The molecule has 4 aromatic rings. The number of carbonyl (C=O) groups excluding carboxylic acids is 1. The lowest BCUT2D eigenvalue weighted by molar-refractivity contribution is 0.0374. The van der Waals surface area contributed by atoms with Crippen LogP contribution in [0.1, 0.15) is 16.8 Å². The molecule has 2 aromatic heterocycles. The van der Waals surface area contributed by atoms with Crippen LogP contribution in [-0.2, 0) is 4.74 Å². The van der Waals surface area contributed by atoms with Crippen molar-refractivity contribution in [2.45, 2.75) is 6.42 Å². The van der Waals surface area contributed by atoms with Gasteiger partial charge in [-0.1, -0.05) is 12.1 Å². The molecular weight excluding hydrogens is 422 g/mol. The van der Waals surface area contributed by atoms with Crippen LogP contribution < -0.4 is 10.1 Å². The van der Waals surface area contributed by atoms with Crippen LogP contribution in [0.5, 0.6) is 11.5 Å². The maximum Gasteiger partial charge on any atom is 0.251 e. The zero-order chi connectivity index (χ0) is 21.8. The molecule has 0 unspecified atom stereocenters. The molecule has 0 bridgehead atoms. The molecule has 1 amide bonds. The summed E-state index contributed by atoms with van der Waals surface area (Å²) in [5, 5.41) is 6.97. The Morgan fingerprint density at radius 1 is 1.16 bits per heavy atom. The molecule has 164 valence electrons. The molecule has 1 saturated heterocycles. The normalized spacial score (nSPS) is 14.6. The smallest absolute Gasteiger partial charge is 0.251 e. The van der Waals surface area contributed by atoms with Gasteiger partial charge in [0.15, 0.2) is 0 Å². The fraction of sp³-hybridized carbons (Fsp3) is 0.280. The molecule has 0 radical (unpaired) electrons. The van der Waals surface area contributed by atoms with Crippen molar-refractivity contribution in [3.05, 3.63) is 65.7 Å². The molecule has 1 fully saturated rings. The fourth-order valence-electron chi connectivity index (χ4n) is 4.00. The maximum atomic E-state index is 12.8. The third-order valence-corrected chi connectivity index (χ3v) is 6.59. The summed E-state index contributed by atoms with van der Waals surface area (Å²) >= 11 is 1.61. The summed E-state index contributed by atoms with van der Waals surface area (Å²) in [5.74, 6) is 1.49. The molecule has 0 atom stereocenters. The lowest BCUT2D eigenvalue weighted by Gasteiger charge is -2.26. The number of nitrogens with zero attached hydrogens (tertiary/aromatic N) is 2. The highest BCUT2D eigenvalue weighted by atomic mass is 32.1. The number of hydrogen-bond acceptors (Lipinski definition) is 6. The number of morpholine rings is 1. The van der Waals surface area contributed by atoms with Crippen molar-refractivity contribution in [3.8, 4) is 11.5 Å². The van der Waals surface area contributed by atoms with Crippen LogP contribution in [0.2, 0.25) is 0 Å². The number of thiophene rings is 1. The number of amides is 1. The number of carbonyl (C=O) groups is 1. The van der Waals surface area contributed by atoms with E-state index < -0.39 is 0 Å². The number of fused-ring (bicyclic) bond motifs is 2. The Bertz CT molecular complexity index is 1230. The van der Waals surface area contributed by atoms with E-state index in [4.69, 9.17) is 9.47 Å². The van der Waals surface area contributed by atoms with Crippen molar-refractivity contribution in [2.75, 3.05) is 39.4 Å². The Morgan fingerprint density at radius 3 is 2.97 bits per heavy atom. The van der Waals surface area contributed by atoms with Gasteiger partial charge < -0.3 is 14.8 Å². The lowest BCUT2D eigenvalue weighted by atomic mass is 10.0. The average Bonchev–Trinajstić information content (AvgIpc) is 3.32. The molecule has 3 heterocycles. The second-order valence-corrected chi connectivity index (χ2v) is 8.71. The Kier molecular flexibility index (Phi) is 6.29. The lowest BCUT2D eigenvalue weighted by Crippen LogP contribution is -2.38. The SMILES string of the molecule is O=C(NCCCN1CCOCC1)c1cccc2cc(Oc3ccnc4ccsc34)ccc12. The molecular formula is C25H25N3O3S. The summed E-state index contributed by atoms with van der Waals surface area (Å²) in [4.78, 5) is 19.6. The van der Waals surface area contributed by atoms with Crippen molar-refractivity contribution in [2.24, 2.45) is 0 Å². The van der Waals surface area contributed by atoms with Gasteiger partial charge in [-0.2, -0.15) is 0 Å². The number of aromatic nitrogens is 1. The standard InChI is InChI=1S/C25H25N3O3S/c29-25(27-9-2-11-28-12-14-30-15-13-28)21-4-1-3-18-17-19(5-6-20(18)21)31-23-7-10-26-22-8-16-32-24(22)23/h1,3-8,10,16-17H,2,9,11-15H2,(H,27,29). The third-order valence-electron chi connectivity index (χ3n) is 5.67. The van der Waals surface area contributed by atoms with Gasteiger partial charge in [0.25, 0.3) is 5.91 Å². The van der Waals surface area contributed by atoms with Gasteiger partial charge in [-0.3, -0.25) is 14.7 Å². The molecule has 5 rings (SSSR count). The molecule has 0 saturated carbocycles. The highest BCUT2D eigenvalue weighted by Gasteiger charge is 2.13.